The van der Waals surface area contributed by atoms with Crippen LogP contribution >= 0.6 is 0 Å². The number of aliphatic hydroxyl groups is 1. The summed E-state index contributed by atoms with van der Waals surface area (Å²) >= 11 is 0. The molecule has 0 unspecified atom stereocenters. The van der Waals surface area contributed by atoms with E-state index in [2.05, 4.69) is 4.98 Å². The van der Waals surface area contributed by atoms with Crippen molar-refractivity contribution >= 4 is 17.0 Å². The molecule has 0 radical (unpaired) electrons. The maximum absolute atomic E-state index is 11.7. The second-order valence-electron chi connectivity index (χ2n) is 5.36. The lowest BCUT2D eigenvalue weighted by atomic mass is 9.79. The number of rotatable bonds is 7. The van der Waals surface area contributed by atoms with Crippen molar-refractivity contribution in [2.45, 2.75) is 39.7 Å². The molecule has 5 heteroatoms. The van der Waals surface area contributed by atoms with Gasteiger partial charge in [0.05, 0.1) is 23.1 Å². The molecule has 2 rings (SSSR count). The van der Waals surface area contributed by atoms with E-state index in [1.54, 1.807) is 0 Å². The van der Waals surface area contributed by atoms with Gasteiger partial charge >= 0.3 is 5.97 Å². The first-order valence-corrected chi connectivity index (χ1v) is 7.36. The van der Waals surface area contributed by atoms with E-state index in [1.165, 1.54) is 0 Å². The number of aliphatic hydroxyl groups excluding tert-OH is 1. The number of hydrogen-bond donors (Lipinski definition) is 2. The number of benzene rings is 1. The van der Waals surface area contributed by atoms with Crippen LogP contribution < -0.4 is 0 Å². The molecule has 0 fully saturated rings. The fourth-order valence-electron chi connectivity index (χ4n) is 2.79. The molecule has 1 aromatic heterocycles. The van der Waals surface area contributed by atoms with Gasteiger partial charge in [0.1, 0.15) is 5.82 Å². The molecule has 21 heavy (non-hydrogen) atoms. The first-order chi connectivity index (χ1) is 10.1. The van der Waals surface area contributed by atoms with Gasteiger partial charge in [-0.25, -0.2) is 4.98 Å². The third-order valence-corrected chi connectivity index (χ3v) is 4.36. The average Bonchev–Trinajstić information content (AvgIpc) is 2.83. The van der Waals surface area contributed by atoms with Crippen LogP contribution in [0, 0.1) is 5.41 Å². The summed E-state index contributed by atoms with van der Waals surface area (Å²) in [6.07, 6.45) is 1.49. The van der Waals surface area contributed by atoms with Gasteiger partial charge in [0.2, 0.25) is 0 Å². The predicted molar refractivity (Wildman–Crippen MR) is 81.2 cm³/mol. The van der Waals surface area contributed by atoms with E-state index in [4.69, 9.17) is 0 Å². The van der Waals surface area contributed by atoms with Crippen LogP contribution in [0.5, 0.6) is 0 Å². The van der Waals surface area contributed by atoms with Gasteiger partial charge in [-0.3, -0.25) is 4.79 Å². The van der Waals surface area contributed by atoms with E-state index < -0.39 is 11.4 Å². The zero-order valence-electron chi connectivity index (χ0n) is 12.5. The van der Waals surface area contributed by atoms with Gasteiger partial charge in [-0.1, -0.05) is 26.0 Å². The quantitative estimate of drug-likeness (QED) is 0.821. The maximum Gasteiger partial charge on any atom is 0.310 e. The van der Waals surface area contributed by atoms with E-state index in [0.717, 1.165) is 16.9 Å². The van der Waals surface area contributed by atoms with Crippen LogP contribution in [0.2, 0.25) is 0 Å². The van der Waals surface area contributed by atoms with E-state index in [-0.39, 0.29) is 6.61 Å². The van der Waals surface area contributed by atoms with Crippen molar-refractivity contribution in [3.05, 3.63) is 30.1 Å². The fourth-order valence-corrected chi connectivity index (χ4v) is 2.79. The predicted octanol–water partition coefficient (Wildman–Crippen LogP) is 2.46. The molecule has 2 N–H and O–H groups in total. The molecule has 0 amide bonds. The lowest BCUT2D eigenvalue weighted by molar-refractivity contribution is -0.149. The smallest absolute Gasteiger partial charge is 0.310 e. The molecular weight excluding hydrogens is 268 g/mol. The summed E-state index contributed by atoms with van der Waals surface area (Å²) in [4.78, 5) is 16.3. The van der Waals surface area contributed by atoms with Gasteiger partial charge < -0.3 is 14.8 Å². The molecule has 114 valence electrons. The molecule has 0 atom stereocenters. The lowest BCUT2D eigenvalue weighted by Gasteiger charge is -2.26. The third-order valence-electron chi connectivity index (χ3n) is 4.36. The standard InChI is InChI=1S/C16H22N2O3/c1-3-16(4-2,15(20)21)11-14-17-12-7-5-6-8-13(12)18(14)9-10-19/h5-8,19H,3-4,9-11H2,1-2H3,(H,20,21). The normalized spacial score (nSPS) is 12.0. The number of nitrogens with zero attached hydrogens (tertiary/aromatic N) is 2. The maximum atomic E-state index is 11.7. The number of carboxylic acids is 1. The molecular formula is C16H22N2O3. The molecule has 2 aromatic rings. The lowest BCUT2D eigenvalue weighted by Crippen LogP contribution is -2.33. The Morgan fingerprint density at radius 1 is 1.29 bits per heavy atom. The number of aliphatic carboxylic acids is 1. The first kappa shape index (κ1) is 15.5. The number of carbonyl (C=O) groups is 1. The van der Waals surface area contributed by atoms with E-state index >= 15 is 0 Å². The van der Waals surface area contributed by atoms with Crippen molar-refractivity contribution in [3.8, 4) is 0 Å². The van der Waals surface area contributed by atoms with Crippen molar-refractivity contribution in [1.29, 1.82) is 0 Å². The Bertz CT molecular complexity index is 629. The van der Waals surface area contributed by atoms with Crippen LogP contribution in [-0.2, 0) is 17.8 Å². The Kier molecular flexibility index (Phi) is 4.63. The summed E-state index contributed by atoms with van der Waals surface area (Å²) in [5.41, 5.74) is 0.981. The second-order valence-corrected chi connectivity index (χ2v) is 5.36. The molecule has 0 aliphatic carbocycles. The molecule has 1 aromatic carbocycles. The Labute approximate surface area is 124 Å². The fraction of sp³-hybridized carbons (Fsp3) is 0.500. The van der Waals surface area contributed by atoms with Crippen LogP contribution in [0.3, 0.4) is 0 Å². The molecule has 0 saturated heterocycles. The Hall–Kier alpha value is -1.88. The molecule has 0 aliphatic heterocycles. The minimum Gasteiger partial charge on any atom is -0.481 e. The van der Waals surface area contributed by atoms with Crippen LogP contribution in [0.25, 0.3) is 11.0 Å². The third kappa shape index (κ3) is 2.78. The minimum atomic E-state index is -0.797. The van der Waals surface area contributed by atoms with E-state index in [1.807, 2.05) is 42.7 Å². The zero-order chi connectivity index (χ0) is 15.5. The highest BCUT2D eigenvalue weighted by Gasteiger charge is 2.36. The summed E-state index contributed by atoms with van der Waals surface area (Å²) in [7, 11) is 0. The van der Waals surface area contributed by atoms with Gasteiger partial charge in [-0.05, 0) is 25.0 Å². The first-order valence-electron chi connectivity index (χ1n) is 7.36. The molecule has 0 saturated carbocycles. The number of imidazole rings is 1. The molecule has 0 spiro atoms. The van der Waals surface area contributed by atoms with Crippen LogP contribution in [0.15, 0.2) is 24.3 Å². The summed E-state index contributed by atoms with van der Waals surface area (Å²) in [6.45, 7) is 4.23. The van der Waals surface area contributed by atoms with Gasteiger partial charge in [0.25, 0.3) is 0 Å². The molecule has 5 nitrogen and oxygen atoms in total. The number of fused-ring (bicyclic) bond motifs is 1. The SMILES string of the molecule is CCC(CC)(Cc1nc2ccccc2n1CCO)C(=O)O. The summed E-state index contributed by atoms with van der Waals surface area (Å²) < 4.78 is 1.93. The van der Waals surface area contributed by atoms with Crippen LogP contribution in [0.1, 0.15) is 32.5 Å². The van der Waals surface area contributed by atoms with Gasteiger partial charge in [0.15, 0.2) is 0 Å². The number of aromatic nitrogens is 2. The highest BCUT2D eigenvalue weighted by atomic mass is 16.4. The summed E-state index contributed by atoms with van der Waals surface area (Å²) in [5.74, 6) is -0.0496. The number of hydrogen-bond acceptors (Lipinski definition) is 3. The zero-order valence-corrected chi connectivity index (χ0v) is 12.5. The van der Waals surface area contributed by atoms with Gasteiger partial charge in [-0.2, -0.15) is 0 Å². The monoisotopic (exact) mass is 290 g/mol. The van der Waals surface area contributed by atoms with E-state index in [0.29, 0.717) is 25.8 Å². The molecule has 0 bridgehead atoms. The van der Waals surface area contributed by atoms with Crippen molar-refractivity contribution in [1.82, 2.24) is 9.55 Å². The highest BCUT2D eigenvalue weighted by Crippen LogP contribution is 2.32. The topological polar surface area (TPSA) is 75.3 Å². The molecule has 1 heterocycles. The van der Waals surface area contributed by atoms with Crippen molar-refractivity contribution in [2.75, 3.05) is 6.61 Å². The van der Waals surface area contributed by atoms with Crippen LogP contribution in [0.4, 0.5) is 0 Å². The Balaban J connectivity index is 2.50. The largest absolute Gasteiger partial charge is 0.481 e. The summed E-state index contributed by atoms with van der Waals surface area (Å²) in [6, 6.07) is 7.69. The Morgan fingerprint density at radius 2 is 1.95 bits per heavy atom. The number of para-hydroxylation sites is 2. The van der Waals surface area contributed by atoms with Gasteiger partial charge in [0, 0.05) is 13.0 Å². The van der Waals surface area contributed by atoms with Crippen molar-refractivity contribution < 1.29 is 15.0 Å². The number of carboxylic acid groups (broad SMARTS) is 1. The highest BCUT2D eigenvalue weighted by molar-refractivity contribution is 5.77. The van der Waals surface area contributed by atoms with Crippen molar-refractivity contribution in [2.24, 2.45) is 5.41 Å². The molecule has 0 aliphatic rings. The second kappa shape index (κ2) is 6.26. The summed E-state index contributed by atoms with van der Waals surface area (Å²) in [5, 5.41) is 18.9. The van der Waals surface area contributed by atoms with Crippen molar-refractivity contribution in [3.63, 3.8) is 0 Å². The Morgan fingerprint density at radius 3 is 2.52 bits per heavy atom. The van der Waals surface area contributed by atoms with Crippen LogP contribution in [-0.4, -0.2) is 32.3 Å². The minimum absolute atomic E-state index is 0.00563. The van der Waals surface area contributed by atoms with Gasteiger partial charge in [-0.15, -0.1) is 0 Å². The average molecular weight is 290 g/mol. The van der Waals surface area contributed by atoms with E-state index in [9.17, 15) is 15.0 Å².